The van der Waals surface area contributed by atoms with Gasteiger partial charge in [0.25, 0.3) is 0 Å². The fourth-order valence-electron chi connectivity index (χ4n) is 1.56. The average molecular weight is 287 g/mol. The minimum atomic E-state index is -0.507. The topological polar surface area (TPSA) is 74.6 Å². The lowest BCUT2D eigenvalue weighted by Crippen LogP contribution is -2.19. The number of rotatable bonds is 3. The Labute approximate surface area is 101 Å². The fourth-order valence-corrected chi connectivity index (χ4v) is 2.01. The van der Waals surface area contributed by atoms with E-state index < -0.39 is 6.10 Å². The Hall–Kier alpha value is -0.950. The van der Waals surface area contributed by atoms with Crippen molar-refractivity contribution >= 4 is 21.6 Å². The molecule has 0 aliphatic carbocycles. The summed E-state index contributed by atoms with van der Waals surface area (Å²) < 4.78 is 0.658. The van der Waals surface area contributed by atoms with Crippen molar-refractivity contribution in [2.45, 2.75) is 6.10 Å². The zero-order valence-corrected chi connectivity index (χ0v) is 9.94. The molecule has 1 aliphatic heterocycles. The first kappa shape index (κ1) is 11.5. The molecule has 0 radical (unpaired) electrons. The molecule has 3 N–H and O–H groups in total. The molecule has 0 spiro atoms. The van der Waals surface area contributed by atoms with Crippen molar-refractivity contribution in [3.63, 3.8) is 0 Å². The van der Waals surface area contributed by atoms with Crippen LogP contribution in [-0.4, -0.2) is 34.5 Å². The first-order valence-corrected chi connectivity index (χ1v) is 5.54. The van der Waals surface area contributed by atoms with E-state index in [1.165, 1.54) is 0 Å². The molecule has 86 valence electrons. The van der Waals surface area contributed by atoms with E-state index in [2.05, 4.69) is 26.4 Å². The first-order valence-electron chi connectivity index (χ1n) is 4.75. The summed E-state index contributed by atoms with van der Waals surface area (Å²) >= 11 is 3.32. The Bertz CT molecular complexity index is 422. The predicted octanol–water partition coefficient (Wildman–Crippen LogP) is 0.443. The van der Waals surface area contributed by atoms with Gasteiger partial charge in [-0.25, -0.2) is 4.98 Å². The molecule has 1 aliphatic rings. The Morgan fingerprint density at radius 3 is 2.94 bits per heavy atom. The Kier molecular flexibility index (Phi) is 3.55. The normalized spacial score (nSPS) is 20.1. The maximum Gasteiger partial charge on any atom is 0.134 e. The molecule has 0 saturated carbocycles. The van der Waals surface area contributed by atoms with E-state index in [1.54, 1.807) is 12.3 Å². The van der Waals surface area contributed by atoms with Crippen molar-refractivity contribution in [2.24, 2.45) is 0 Å². The van der Waals surface area contributed by atoms with Crippen LogP contribution in [0.4, 0.5) is 0 Å². The number of hydrogen-bond acceptors (Lipinski definition) is 5. The Balaban J connectivity index is 2.43. The van der Waals surface area contributed by atoms with Crippen LogP contribution in [0.1, 0.15) is 5.56 Å². The molecular weight excluding hydrogens is 276 g/mol. The number of nitrogens with zero attached hydrogens (tertiary/aromatic N) is 1. The molecule has 0 fully saturated rings. The van der Waals surface area contributed by atoms with Gasteiger partial charge in [0, 0.05) is 17.3 Å². The number of hydroxylamine groups is 1. The molecule has 0 bridgehead atoms. The minimum absolute atomic E-state index is 0.172. The van der Waals surface area contributed by atoms with E-state index in [0.29, 0.717) is 15.9 Å². The highest BCUT2D eigenvalue weighted by atomic mass is 79.9. The maximum atomic E-state index is 9.27. The third-order valence-corrected chi connectivity index (χ3v) is 3.01. The minimum Gasteiger partial charge on any atom is -0.393 e. The van der Waals surface area contributed by atoms with Gasteiger partial charge in [0.1, 0.15) is 10.7 Å². The first-order chi connectivity index (χ1) is 7.77. The summed E-state index contributed by atoms with van der Waals surface area (Å²) in [6.45, 7) is -0.348. The predicted molar refractivity (Wildman–Crippen MR) is 61.0 cm³/mol. The van der Waals surface area contributed by atoms with Crippen LogP contribution < -0.4 is 5.48 Å². The summed E-state index contributed by atoms with van der Waals surface area (Å²) in [5, 5.41) is 18.3. The van der Waals surface area contributed by atoms with Gasteiger partial charge in [-0.1, -0.05) is 0 Å². The van der Waals surface area contributed by atoms with Gasteiger partial charge in [0.05, 0.1) is 18.9 Å². The summed E-state index contributed by atoms with van der Waals surface area (Å²) in [5.74, 6) is 0. The van der Waals surface area contributed by atoms with E-state index in [-0.39, 0.29) is 13.2 Å². The van der Waals surface area contributed by atoms with Crippen LogP contribution in [0.3, 0.4) is 0 Å². The second-order valence-electron chi connectivity index (χ2n) is 3.29. The SMILES string of the molecule is OCC1=C(c2cccnc2Br)NOC1CO. The van der Waals surface area contributed by atoms with Gasteiger partial charge in [-0.05, 0) is 28.1 Å². The summed E-state index contributed by atoms with van der Waals surface area (Å²) in [7, 11) is 0. The molecule has 1 atom stereocenters. The molecule has 16 heavy (non-hydrogen) atoms. The van der Waals surface area contributed by atoms with Crippen LogP contribution in [0.25, 0.3) is 5.70 Å². The Morgan fingerprint density at radius 1 is 1.50 bits per heavy atom. The van der Waals surface area contributed by atoms with Gasteiger partial charge in [-0.3, -0.25) is 10.3 Å². The van der Waals surface area contributed by atoms with Crippen molar-refractivity contribution in [3.05, 3.63) is 34.1 Å². The number of halogens is 1. The number of aliphatic hydroxyl groups is 2. The summed E-state index contributed by atoms with van der Waals surface area (Å²) in [6, 6.07) is 3.63. The second kappa shape index (κ2) is 4.92. The number of pyridine rings is 1. The van der Waals surface area contributed by atoms with Gasteiger partial charge in [0.15, 0.2) is 0 Å². The molecule has 6 heteroatoms. The van der Waals surface area contributed by atoms with E-state index >= 15 is 0 Å². The van der Waals surface area contributed by atoms with Gasteiger partial charge in [-0.15, -0.1) is 0 Å². The molecule has 0 aromatic carbocycles. The van der Waals surface area contributed by atoms with Gasteiger partial charge in [-0.2, -0.15) is 0 Å². The quantitative estimate of drug-likeness (QED) is 0.704. The van der Waals surface area contributed by atoms with Crippen molar-refractivity contribution in [2.75, 3.05) is 13.2 Å². The standard InChI is InChI=1S/C10H11BrN2O3/c11-10-6(2-1-3-12-10)9-7(4-14)8(5-15)16-13-9/h1-3,8,13-15H,4-5H2. The zero-order chi connectivity index (χ0) is 11.5. The molecule has 0 saturated heterocycles. The van der Waals surface area contributed by atoms with Gasteiger partial charge >= 0.3 is 0 Å². The molecule has 2 rings (SSSR count). The van der Waals surface area contributed by atoms with Crippen LogP contribution >= 0.6 is 15.9 Å². The largest absolute Gasteiger partial charge is 0.393 e. The lowest BCUT2D eigenvalue weighted by Gasteiger charge is -2.06. The van der Waals surface area contributed by atoms with E-state index in [1.807, 2.05) is 6.07 Å². The molecule has 1 aromatic rings. The highest BCUT2D eigenvalue weighted by Gasteiger charge is 2.27. The lowest BCUT2D eigenvalue weighted by atomic mass is 10.1. The van der Waals surface area contributed by atoms with Gasteiger partial charge in [0.2, 0.25) is 0 Å². The number of nitrogens with one attached hydrogen (secondary N) is 1. The van der Waals surface area contributed by atoms with Crippen molar-refractivity contribution in [3.8, 4) is 0 Å². The number of aliphatic hydroxyl groups excluding tert-OH is 2. The van der Waals surface area contributed by atoms with Crippen molar-refractivity contribution in [1.82, 2.24) is 10.5 Å². The van der Waals surface area contributed by atoms with Crippen LogP contribution in [-0.2, 0) is 4.84 Å². The van der Waals surface area contributed by atoms with Crippen LogP contribution in [0, 0.1) is 0 Å². The molecule has 1 unspecified atom stereocenters. The molecule has 5 nitrogen and oxygen atoms in total. The highest BCUT2D eigenvalue weighted by Crippen LogP contribution is 2.28. The van der Waals surface area contributed by atoms with E-state index in [9.17, 15) is 5.11 Å². The van der Waals surface area contributed by atoms with E-state index in [0.717, 1.165) is 5.56 Å². The van der Waals surface area contributed by atoms with Crippen LogP contribution in [0.5, 0.6) is 0 Å². The van der Waals surface area contributed by atoms with Crippen molar-refractivity contribution in [1.29, 1.82) is 0 Å². The van der Waals surface area contributed by atoms with Gasteiger partial charge < -0.3 is 10.2 Å². The fraction of sp³-hybridized carbons (Fsp3) is 0.300. The number of aromatic nitrogens is 1. The molecule has 2 heterocycles. The monoisotopic (exact) mass is 286 g/mol. The zero-order valence-electron chi connectivity index (χ0n) is 8.35. The lowest BCUT2D eigenvalue weighted by molar-refractivity contribution is 0.00914. The second-order valence-corrected chi connectivity index (χ2v) is 4.04. The molecule has 0 amide bonds. The maximum absolute atomic E-state index is 9.27. The third kappa shape index (κ3) is 1.97. The summed E-state index contributed by atoms with van der Waals surface area (Å²) in [5.41, 5.74) is 4.78. The number of hydrogen-bond donors (Lipinski definition) is 3. The highest BCUT2D eigenvalue weighted by molar-refractivity contribution is 9.10. The third-order valence-electron chi connectivity index (χ3n) is 2.38. The molecule has 1 aromatic heterocycles. The van der Waals surface area contributed by atoms with Crippen LogP contribution in [0.15, 0.2) is 28.5 Å². The average Bonchev–Trinajstić information content (AvgIpc) is 2.72. The smallest absolute Gasteiger partial charge is 0.134 e. The Morgan fingerprint density at radius 2 is 2.31 bits per heavy atom. The summed E-state index contributed by atoms with van der Waals surface area (Å²) in [4.78, 5) is 9.23. The molecular formula is C10H11BrN2O3. The van der Waals surface area contributed by atoms with Crippen molar-refractivity contribution < 1.29 is 15.1 Å². The summed E-state index contributed by atoms with van der Waals surface area (Å²) in [6.07, 6.45) is 1.15. The van der Waals surface area contributed by atoms with Crippen LogP contribution in [0.2, 0.25) is 0 Å². The van der Waals surface area contributed by atoms with E-state index in [4.69, 9.17) is 9.94 Å².